The van der Waals surface area contributed by atoms with Gasteiger partial charge in [-0.05, 0) is 45.9 Å². The molecule has 2 unspecified atom stereocenters. The molecule has 1 aliphatic rings. The first kappa shape index (κ1) is 18.5. The van der Waals surface area contributed by atoms with E-state index in [-0.39, 0.29) is 23.7 Å². The molecule has 3 rings (SSSR count). The molecule has 7 nitrogen and oxygen atoms in total. The predicted octanol–water partition coefficient (Wildman–Crippen LogP) is 1.88. The van der Waals surface area contributed by atoms with Crippen LogP contribution in [-0.2, 0) is 4.74 Å². The number of hydrogen-bond acceptors (Lipinski definition) is 5. The number of pyridine rings is 1. The Morgan fingerprint density at radius 3 is 2.62 bits per heavy atom. The highest BCUT2D eigenvalue weighted by molar-refractivity contribution is 5.94. The van der Waals surface area contributed by atoms with Gasteiger partial charge < -0.3 is 10.1 Å². The zero-order valence-corrected chi connectivity index (χ0v) is 15.8. The van der Waals surface area contributed by atoms with Gasteiger partial charge in [-0.25, -0.2) is 9.67 Å². The largest absolute Gasteiger partial charge is 0.373 e. The van der Waals surface area contributed by atoms with Gasteiger partial charge in [-0.3, -0.25) is 9.69 Å². The lowest BCUT2D eigenvalue weighted by Gasteiger charge is -2.45. The van der Waals surface area contributed by atoms with Gasteiger partial charge in [-0.2, -0.15) is 5.10 Å². The minimum Gasteiger partial charge on any atom is -0.373 e. The second kappa shape index (κ2) is 7.55. The van der Waals surface area contributed by atoms with Gasteiger partial charge in [0.2, 0.25) is 0 Å². The number of amides is 1. The molecule has 0 bridgehead atoms. The first-order chi connectivity index (χ1) is 12.3. The Hall–Kier alpha value is -2.25. The van der Waals surface area contributed by atoms with Gasteiger partial charge in [0.25, 0.3) is 5.91 Å². The predicted molar refractivity (Wildman–Crippen MR) is 99.4 cm³/mol. The zero-order chi connectivity index (χ0) is 18.7. The molecule has 1 aliphatic heterocycles. The quantitative estimate of drug-likeness (QED) is 0.885. The average molecular weight is 357 g/mol. The molecule has 26 heavy (non-hydrogen) atoms. The summed E-state index contributed by atoms with van der Waals surface area (Å²) in [7, 11) is 0. The number of nitrogens with zero attached hydrogens (tertiary/aromatic N) is 4. The monoisotopic (exact) mass is 357 g/mol. The highest BCUT2D eigenvalue weighted by atomic mass is 16.5. The normalized spacial score (nSPS) is 21.5. The molecule has 1 amide bonds. The van der Waals surface area contributed by atoms with Crippen LogP contribution >= 0.6 is 0 Å². The van der Waals surface area contributed by atoms with E-state index in [1.54, 1.807) is 29.2 Å². The maximum Gasteiger partial charge on any atom is 0.252 e. The van der Waals surface area contributed by atoms with Gasteiger partial charge in [0.1, 0.15) is 0 Å². The third-order valence-electron chi connectivity index (χ3n) is 4.71. The molecule has 7 heteroatoms. The van der Waals surface area contributed by atoms with Crippen molar-refractivity contribution in [2.75, 3.05) is 19.6 Å². The molecule has 1 saturated heterocycles. The molecule has 2 atom stereocenters. The minimum absolute atomic E-state index is 0.119. The van der Waals surface area contributed by atoms with Crippen LogP contribution in [0, 0.1) is 0 Å². The summed E-state index contributed by atoms with van der Waals surface area (Å²) >= 11 is 0. The fraction of sp³-hybridized carbons (Fsp3) is 0.526. The van der Waals surface area contributed by atoms with E-state index in [9.17, 15) is 4.79 Å². The summed E-state index contributed by atoms with van der Waals surface area (Å²) in [5.74, 6) is 0.565. The summed E-state index contributed by atoms with van der Waals surface area (Å²) in [4.78, 5) is 19.2. The maximum absolute atomic E-state index is 12.5. The Balaban J connectivity index is 1.59. The SMILES string of the molecule is CC1CN(C(C)(C)CNC(=O)c2ccc(-n3cccn3)nc2)CC(C)O1. The van der Waals surface area contributed by atoms with E-state index in [2.05, 4.69) is 48.0 Å². The molecular formula is C19H27N5O2. The fourth-order valence-corrected chi connectivity index (χ4v) is 3.24. The van der Waals surface area contributed by atoms with Crippen LogP contribution in [0.2, 0.25) is 0 Å². The van der Waals surface area contributed by atoms with Crippen molar-refractivity contribution in [3.05, 3.63) is 42.4 Å². The molecule has 0 radical (unpaired) electrons. The number of aromatic nitrogens is 3. The van der Waals surface area contributed by atoms with Crippen LogP contribution < -0.4 is 5.32 Å². The summed E-state index contributed by atoms with van der Waals surface area (Å²) in [6.07, 6.45) is 5.49. The molecule has 140 valence electrons. The van der Waals surface area contributed by atoms with E-state index in [1.807, 2.05) is 12.3 Å². The first-order valence-corrected chi connectivity index (χ1v) is 9.00. The van der Waals surface area contributed by atoms with E-state index >= 15 is 0 Å². The number of rotatable bonds is 5. The third kappa shape index (κ3) is 4.28. The summed E-state index contributed by atoms with van der Waals surface area (Å²) in [5.41, 5.74) is 0.394. The van der Waals surface area contributed by atoms with Gasteiger partial charge in [0, 0.05) is 43.8 Å². The van der Waals surface area contributed by atoms with Gasteiger partial charge >= 0.3 is 0 Å². The lowest BCUT2D eigenvalue weighted by Crippen LogP contribution is -2.58. The number of nitrogens with one attached hydrogen (secondary N) is 1. The second-order valence-electron chi connectivity index (χ2n) is 7.51. The lowest BCUT2D eigenvalue weighted by atomic mass is 10.00. The molecule has 0 aliphatic carbocycles. The van der Waals surface area contributed by atoms with Crippen molar-refractivity contribution in [3.63, 3.8) is 0 Å². The van der Waals surface area contributed by atoms with Crippen molar-refractivity contribution < 1.29 is 9.53 Å². The summed E-state index contributed by atoms with van der Waals surface area (Å²) in [6, 6.07) is 5.39. The van der Waals surface area contributed by atoms with Gasteiger partial charge in [0.05, 0.1) is 17.8 Å². The van der Waals surface area contributed by atoms with E-state index < -0.39 is 0 Å². The highest BCUT2D eigenvalue weighted by Gasteiger charge is 2.33. The van der Waals surface area contributed by atoms with Gasteiger partial charge in [-0.15, -0.1) is 0 Å². The first-order valence-electron chi connectivity index (χ1n) is 9.00. The molecule has 0 saturated carbocycles. The minimum atomic E-state index is -0.148. The molecular weight excluding hydrogens is 330 g/mol. The van der Waals surface area contributed by atoms with Crippen molar-refractivity contribution in [2.24, 2.45) is 0 Å². The van der Waals surface area contributed by atoms with Gasteiger partial charge in [0.15, 0.2) is 5.82 Å². The molecule has 2 aromatic rings. The Labute approximate surface area is 154 Å². The Morgan fingerprint density at radius 1 is 1.31 bits per heavy atom. The molecule has 0 spiro atoms. The van der Waals surface area contributed by atoms with E-state index in [0.29, 0.717) is 17.9 Å². The second-order valence-corrected chi connectivity index (χ2v) is 7.51. The van der Waals surface area contributed by atoms with Crippen LogP contribution in [0.5, 0.6) is 0 Å². The Morgan fingerprint density at radius 2 is 2.04 bits per heavy atom. The van der Waals surface area contributed by atoms with Crippen molar-refractivity contribution >= 4 is 5.91 Å². The lowest BCUT2D eigenvalue weighted by molar-refractivity contribution is -0.0948. The standard InChI is InChI=1S/C19H27N5O2/c1-14-11-23(12-15(2)26-14)19(3,4)13-21-18(25)16-6-7-17(20-10-16)24-9-5-8-22-24/h5-10,14-15H,11-13H2,1-4H3,(H,21,25). The smallest absolute Gasteiger partial charge is 0.252 e. The summed E-state index contributed by atoms with van der Waals surface area (Å²) in [5, 5.41) is 7.17. The Kier molecular flexibility index (Phi) is 5.38. The molecule has 1 fully saturated rings. The number of ether oxygens (including phenoxy) is 1. The third-order valence-corrected chi connectivity index (χ3v) is 4.71. The zero-order valence-electron chi connectivity index (χ0n) is 15.8. The maximum atomic E-state index is 12.5. The average Bonchev–Trinajstić information content (AvgIpc) is 3.14. The van der Waals surface area contributed by atoms with Crippen LogP contribution in [0.3, 0.4) is 0 Å². The molecule has 2 aromatic heterocycles. The van der Waals surface area contributed by atoms with Crippen molar-refractivity contribution in [3.8, 4) is 5.82 Å². The number of carbonyl (C=O) groups is 1. The van der Waals surface area contributed by atoms with E-state index in [0.717, 1.165) is 13.1 Å². The van der Waals surface area contributed by atoms with Crippen LogP contribution in [-0.4, -0.2) is 63.0 Å². The van der Waals surface area contributed by atoms with Crippen molar-refractivity contribution in [2.45, 2.75) is 45.4 Å². The number of carbonyl (C=O) groups excluding carboxylic acids is 1. The van der Waals surface area contributed by atoms with E-state index in [4.69, 9.17) is 4.74 Å². The number of hydrogen-bond donors (Lipinski definition) is 1. The van der Waals surface area contributed by atoms with Crippen LogP contribution in [0.4, 0.5) is 0 Å². The molecule has 0 aromatic carbocycles. The van der Waals surface area contributed by atoms with Crippen LogP contribution in [0.25, 0.3) is 5.82 Å². The van der Waals surface area contributed by atoms with E-state index in [1.165, 1.54) is 0 Å². The van der Waals surface area contributed by atoms with Crippen molar-refractivity contribution in [1.29, 1.82) is 0 Å². The van der Waals surface area contributed by atoms with Crippen molar-refractivity contribution in [1.82, 2.24) is 25.0 Å². The summed E-state index contributed by atoms with van der Waals surface area (Å²) in [6.45, 7) is 10.8. The molecule has 1 N–H and O–H groups in total. The fourth-order valence-electron chi connectivity index (χ4n) is 3.24. The number of morpholine rings is 1. The Bertz CT molecular complexity index is 717. The van der Waals surface area contributed by atoms with Gasteiger partial charge in [-0.1, -0.05) is 0 Å². The highest BCUT2D eigenvalue weighted by Crippen LogP contribution is 2.20. The molecule has 3 heterocycles. The van der Waals surface area contributed by atoms with Crippen LogP contribution in [0.1, 0.15) is 38.1 Å². The summed E-state index contributed by atoms with van der Waals surface area (Å²) < 4.78 is 7.46. The topological polar surface area (TPSA) is 72.3 Å². The van der Waals surface area contributed by atoms with Crippen LogP contribution in [0.15, 0.2) is 36.8 Å².